The van der Waals surface area contributed by atoms with E-state index in [0.717, 1.165) is 75.7 Å². The van der Waals surface area contributed by atoms with E-state index < -0.39 is 48.1 Å². The Labute approximate surface area is 535 Å². The zero-order valence-electron chi connectivity index (χ0n) is 51.8. The number of carbonyl (C=O) groups excluding carboxylic acids is 7. The Hall–Kier alpha value is -10.5. The molecule has 1 N–H and O–H groups in total. The number of rotatable bonds is 39. The summed E-state index contributed by atoms with van der Waals surface area (Å²) in [4.78, 5) is 82.0. The number of aryl methyl sites for hydroxylation is 2. The first-order valence-corrected chi connectivity index (χ1v) is 29.9. The number of aliphatic hydroxyl groups excluding tert-OH is 1. The third-order valence-corrected chi connectivity index (χ3v) is 13.0. The lowest BCUT2D eigenvalue weighted by molar-refractivity contribution is -0.138. The topological polar surface area (TPSA) is 250 Å². The molecule has 6 rings (SSSR count). The summed E-state index contributed by atoms with van der Waals surface area (Å²) in [6.07, 6.45) is 11.4. The first-order chi connectivity index (χ1) is 44.6. The maximum Gasteiger partial charge on any atom is 0.343 e. The summed E-state index contributed by atoms with van der Waals surface area (Å²) in [5.41, 5.74) is 2.87. The van der Waals surface area contributed by atoms with Crippen molar-refractivity contribution < 1.29 is 95.5 Å². The van der Waals surface area contributed by atoms with Crippen molar-refractivity contribution in [3.05, 3.63) is 217 Å². The average Bonchev–Trinajstić information content (AvgIpc) is 0.947. The second kappa shape index (κ2) is 40.9. The van der Waals surface area contributed by atoms with Gasteiger partial charge in [-0.25, -0.2) is 33.6 Å². The van der Waals surface area contributed by atoms with E-state index in [0.29, 0.717) is 126 Å². The van der Waals surface area contributed by atoms with E-state index in [1.807, 2.05) is 0 Å². The Morgan fingerprint density at radius 2 is 0.630 bits per heavy atom. The molecule has 6 aromatic rings. The second-order valence-electron chi connectivity index (χ2n) is 20.1. The van der Waals surface area contributed by atoms with Gasteiger partial charge in [-0.2, -0.15) is 0 Å². The highest BCUT2D eigenvalue weighted by Gasteiger charge is 2.17. The highest BCUT2D eigenvalue weighted by Crippen LogP contribution is 2.30. The summed E-state index contributed by atoms with van der Waals surface area (Å²) >= 11 is 0. The zero-order chi connectivity index (χ0) is 66.3. The van der Waals surface area contributed by atoms with Crippen LogP contribution in [0, 0.1) is 13.8 Å². The average molecular weight is 1260 g/mol. The minimum atomic E-state index is -1.20. The fraction of sp³-hybridized carbons (Fsp3) is 0.292. The van der Waals surface area contributed by atoms with Crippen LogP contribution >= 0.6 is 0 Å². The number of ether oxygens (including phenoxy) is 12. The molecule has 0 radical (unpaired) electrons. The summed E-state index contributed by atoms with van der Waals surface area (Å²) in [6.45, 7) is 19.9. The van der Waals surface area contributed by atoms with Crippen LogP contribution in [0.5, 0.6) is 46.0 Å². The molecule has 20 heteroatoms. The zero-order valence-corrected chi connectivity index (χ0v) is 51.8. The molecule has 0 amide bonds. The highest BCUT2D eigenvalue weighted by molar-refractivity contribution is 5.93. The molecule has 0 aliphatic heterocycles. The van der Waals surface area contributed by atoms with Crippen molar-refractivity contribution in [2.24, 2.45) is 0 Å². The lowest BCUT2D eigenvalue weighted by Crippen LogP contribution is -2.11. The Bertz CT molecular complexity index is 3350. The normalized spacial score (nSPS) is 10.7. The summed E-state index contributed by atoms with van der Waals surface area (Å²) in [6, 6.07) is 36.3. The molecule has 20 nitrogen and oxygen atoms in total. The molecular weight excluding hydrogens is 1180 g/mol. The van der Waals surface area contributed by atoms with Crippen LogP contribution in [-0.2, 0) is 38.1 Å². The molecule has 1 atom stereocenters. The van der Waals surface area contributed by atoms with Gasteiger partial charge in [-0.05, 0) is 210 Å². The van der Waals surface area contributed by atoms with Crippen LogP contribution in [0.2, 0.25) is 0 Å². The fourth-order valence-electron chi connectivity index (χ4n) is 8.01. The van der Waals surface area contributed by atoms with Gasteiger partial charge in [0.25, 0.3) is 0 Å². The lowest BCUT2D eigenvalue weighted by Gasteiger charge is -2.17. The Kier molecular flexibility index (Phi) is 32.2. The van der Waals surface area contributed by atoms with Gasteiger partial charge >= 0.3 is 41.8 Å². The van der Waals surface area contributed by atoms with Gasteiger partial charge in [0.05, 0.1) is 69.5 Å². The van der Waals surface area contributed by atoms with Gasteiger partial charge in [-0.1, -0.05) is 26.3 Å². The van der Waals surface area contributed by atoms with Crippen molar-refractivity contribution in [1.29, 1.82) is 0 Å². The molecule has 1 unspecified atom stereocenters. The lowest BCUT2D eigenvalue weighted by atomic mass is 10.2. The summed E-state index contributed by atoms with van der Waals surface area (Å²) in [7, 11) is 0. The van der Waals surface area contributed by atoms with Gasteiger partial charge in [0.15, 0.2) is 0 Å². The van der Waals surface area contributed by atoms with E-state index in [2.05, 4.69) is 26.3 Å². The van der Waals surface area contributed by atoms with Crippen LogP contribution < -0.4 is 37.9 Å². The van der Waals surface area contributed by atoms with Gasteiger partial charge in [0.2, 0.25) is 6.29 Å². The van der Waals surface area contributed by atoms with Crippen molar-refractivity contribution in [2.75, 3.05) is 52.9 Å². The van der Waals surface area contributed by atoms with Crippen LogP contribution in [0.1, 0.15) is 118 Å². The molecule has 0 heterocycles. The number of aliphatic hydroxyl groups is 1. The minimum Gasteiger partial charge on any atom is -0.494 e. The molecule has 92 heavy (non-hydrogen) atoms. The van der Waals surface area contributed by atoms with E-state index in [1.165, 1.54) is 6.07 Å². The molecular formula is C72H78O20. The summed E-state index contributed by atoms with van der Waals surface area (Å²) < 4.78 is 64.7. The summed E-state index contributed by atoms with van der Waals surface area (Å²) in [5.74, 6) is 0.460. The van der Waals surface area contributed by atoms with Crippen LogP contribution in [0.4, 0.5) is 0 Å². The SMILES string of the molecule is C=CC(=O)OCCCCCCOc1ccc(C(=O)Oc2ccc(OC(O)c3ccc(OCCCCCCOC(=O)C=C)cc3)c(C)c2)cc1.C=CC(=O)OCCCOc1ccc(C(=O)Oc2ccc(OC(=O)c3ccc(OCCCOC(=O)C=C)cc3)c(C)c2)cc1. The van der Waals surface area contributed by atoms with Crippen molar-refractivity contribution in [3.8, 4) is 46.0 Å². The standard InChI is InChI=1S/C39H46O10.C33H32O10/c1-4-36(40)46-26-12-8-6-10-24-44-32-18-14-30(15-19-32)38(42)48-34-22-23-35(29(3)28-34)49-39(43)31-16-20-33(21-17-31)45-25-11-7-9-13-27-47-37(41)5-2;1-4-30(34)40-20-6-18-38-26-12-8-24(9-13-26)32(36)42-28-16-17-29(23(3)22-28)43-33(37)25-10-14-27(15-11-25)39-19-7-21-41-31(35)5-2/h4-5,14-23,28,39,43H,1-2,6-13,24-27H2,3H3;4-5,8-17,22H,1-2,6-7,18-21H2,3H3. The molecule has 0 fully saturated rings. The number of benzene rings is 6. The third-order valence-electron chi connectivity index (χ3n) is 13.0. The number of carbonyl (C=O) groups is 7. The van der Waals surface area contributed by atoms with Crippen molar-refractivity contribution in [1.82, 2.24) is 0 Å². The van der Waals surface area contributed by atoms with E-state index in [4.69, 9.17) is 56.8 Å². The smallest absolute Gasteiger partial charge is 0.343 e. The molecule has 0 aliphatic carbocycles. The molecule has 0 aromatic heterocycles. The van der Waals surface area contributed by atoms with Gasteiger partial charge in [0.1, 0.15) is 46.0 Å². The van der Waals surface area contributed by atoms with Gasteiger partial charge < -0.3 is 61.9 Å². The summed E-state index contributed by atoms with van der Waals surface area (Å²) in [5, 5.41) is 10.7. The van der Waals surface area contributed by atoms with E-state index in [9.17, 15) is 38.7 Å². The van der Waals surface area contributed by atoms with Crippen molar-refractivity contribution >= 4 is 41.8 Å². The van der Waals surface area contributed by atoms with Gasteiger partial charge in [-0.3, -0.25) is 0 Å². The maximum absolute atomic E-state index is 12.7. The van der Waals surface area contributed by atoms with Crippen LogP contribution in [0.25, 0.3) is 0 Å². The van der Waals surface area contributed by atoms with E-state index in [-0.39, 0.29) is 19.0 Å². The predicted molar refractivity (Wildman–Crippen MR) is 341 cm³/mol. The first kappa shape index (κ1) is 72.3. The maximum atomic E-state index is 12.7. The third kappa shape index (κ3) is 27.5. The Morgan fingerprint density at radius 3 is 0.967 bits per heavy atom. The monoisotopic (exact) mass is 1260 g/mol. The van der Waals surface area contributed by atoms with Crippen LogP contribution in [0.15, 0.2) is 184 Å². The van der Waals surface area contributed by atoms with Crippen LogP contribution in [0.3, 0.4) is 0 Å². The molecule has 0 saturated heterocycles. The Morgan fingerprint density at radius 1 is 0.348 bits per heavy atom. The number of hydrogen-bond acceptors (Lipinski definition) is 20. The van der Waals surface area contributed by atoms with E-state index in [1.54, 1.807) is 141 Å². The van der Waals surface area contributed by atoms with Crippen LogP contribution in [-0.4, -0.2) is 99.7 Å². The minimum absolute atomic E-state index is 0.218. The van der Waals surface area contributed by atoms with Gasteiger partial charge in [-0.15, -0.1) is 0 Å². The molecule has 0 bridgehead atoms. The molecule has 0 spiro atoms. The molecule has 0 saturated carbocycles. The predicted octanol–water partition coefficient (Wildman–Crippen LogP) is 13.1. The number of hydrogen-bond donors (Lipinski definition) is 1. The highest BCUT2D eigenvalue weighted by atomic mass is 16.6. The van der Waals surface area contributed by atoms with E-state index >= 15 is 0 Å². The second-order valence-corrected chi connectivity index (χ2v) is 20.1. The molecule has 0 aliphatic rings. The number of unbranched alkanes of at least 4 members (excludes halogenated alkanes) is 6. The molecule has 6 aromatic carbocycles. The van der Waals surface area contributed by atoms with Crippen molar-refractivity contribution in [3.63, 3.8) is 0 Å². The molecule has 486 valence electrons. The largest absolute Gasteiger partial charge is 0.494 e. The van der Waals surface area contributed by atoms with Gasteiger partial charge in [0, 0.05) is 42.7 Å². The first-order valence-electron chi connectivity index (χ1n) is 29.9. The number of esters is 7. The quantitative estimate of drug-likeness (QED) is 0.00940. The fourth-order valence-corrected chi connectivity index (χ4v) is 8.01. The Balaban J connectivity index is 0.000000337. The van der Waals surface area contributed by atoms with Crippen molar-refractivity contribution in [2.45, 2.75) is 84.3 Å².